The molecule has 1 amide bonds. The molecule has 0 radical (unpaired) electrons. The second-order valence-electron chi connectivity index (χ2n) is 6.77. The topological polar surface area (TPSA) is 66.1 Å². The summed E-state index contributed by atoms with van der Waals surface area (Å²) in [5, 5.41) is 0. The van der Waals surface area contributed by atoms with Gasteiger partial charge >= 0.3 is 0 Å². The minimum Gasteiger partial charge on any atom is -0.338 e. The molecule has 0 bridgehead atoms. The van der Waals surface area contributed by atoms with E-state index in [0.29, 0.717) is 43.7 Å². The van der Waals surface area contributed by atoms with Gasteiger partial charge in [-0.1, -0.05) is 31.9 Å². The van der Waals surface area contributed by atoms with Gasteiger partial charge in [-0.25, -0.2) is 9.37 Å². The van der Waals surface area contributed by atoms with E-state index in [-0.39, 0.29) is 17.3 Å². The average Bonchev–Trinajstić information content (AvgIpc) is 2.61. The summed E-state index contributed by atoms with van der Waals surface area (Å²) in [7, 11) is 0. The van der Waals surface area contributed by atoms with Crippen LogP contribution in [0.2, 0.25) is 0 Å². The number of nitrogens with one attached hydrogen (secondary N) is 1. The van der Waals surface area contributed by atoms with Gasteiger partial charge in [0.25, 0.3) is 5.56 Å². The first kappa shape index (κ1) is 18.3. The Hall–Kier alpha value is -2.50. The van der Waals surface area contributed by atoms with Crippen LogP contribution in [0.15, 0.2) is 29.1 Å². The highest BCUT2D eigenvalue weighted by atomic mass is 19.1. The van der Waals surface area contributed by atoms with E-state index in [9.17, 15) is 14.0 Å². The molecular weight excluding hydrogens is 333 g/mol. The highest BCUT2D eigenvalue weighted by Crippen LogP contribution is 2.17. The number of hydrogen-bond acceptors (Lipinski definition) is 3. The predicted molar refractivity (Wildman–Crippen MR) is 97.3 cm³/mol. The van der Waals surface area contributed by atoms with Crippen molar-refractivity contribution in [2.75, 3.05) is 6.54 Å². The molecule has 1 aliphatic rings. The van der Waals surface area contributed by atoms with Crippen molar-refractivity contribution in [3.8, 4) is 0 Å². The minimum atomic E-state index is -0.306. The first-order valence-electron chi connectivity index (χ1n) is 9.20. The van der Waals surface area contributed by atoms with Crippen LogP contribution >= 0.6 is 0 Å². The molecule has 138 valence electrons. The van der Waals surface area contributed by atoms with Gasteiger partial charge in [0.2, 0.25) is 5.91 Å². The Bertz CT molecular complexity index is 847. The number of nitrogens with zero attached hydrogens (tertiary/aromatic N) is 2. The van der Waals surface area contributed by atoms with Crippen LogP contribution in [0.5, 0.6) is 0 Å². The molecule has 1 aliphatic heterocycles. The molecule has 0 atom stereocenters. The van der Waals surface area contributed by atoms with Crippen molar-refractivity contribution in [1.82, 2.24) is 14.9 Å². The summed E-state index contributed by atoms with van der Waals surface area (Å²) in [5.41, 5.74) is 1.88. The van der Waals surface area contributed by atoms with Crippen molar-refractivity contribution in [3.63, 3.8) is 0 Å². The molecule has 26 heavy (non-hydrogen) atoms. The molecule has 1 aromatic heterocycles. The Kier molecular flexibility index (Phi) is 5.81. The third kappa shape index (κ3) is 4.36. The Balaban J connectivity index is 1.72. The van der Waals surface area contributed by atoms with E-state index >= 15 is 0 Å². The first-order valence-corrected chi connectivity index (χ1v) is 9.20. The molecule has 3 rings (SSSR count). The van der Waals surface area contributed by atoms with Gasteiger partial charge in [0.1, 0.15) is 11.6 Å². The SMILES string of the molecule is CCCCCC(=O)N1CCc2nc(Cc3cccc(F)c3)[nH]c(=O)c2C1. The molecule has 2 heterocycles. The smallest absolute Gasteiger partial charge is 0.256 e. The number of aromatic nitrogens is 2. The van der Waals surface area contributed by atoms with Gasteiger partial charge < -0.3 is 9.88 Å². The van der Waals surface area contributed by atoms with Crippen LogP contribution in [0.3, 0.4) is 0 Å². The zero-order chi connectivity index (χ0) is 18.5. The van der Waals surface area contributed by atoms with Gasteiger partial charge in [-0.05, 0) is 24.1 Å². The van der Waals surface area contributed by atoms with Crippen LogP contribution in [0.25, 0.3) is 0 Å². The molecule has 0 fully saturated rings. The molecule has 0 saturated heterocycles. The van der Waals surface area contributed by atoms with Gasteiger partial charge in [-0.15, -0.1) is 0 Å². The zero-order valence-electron chi connectivity index (χ0n) is 15.1. The summed E-state index contributed by atoms with van der Waals surface area (Å²) in [4.78, 5) is 33.8. The van der Waals surface area contributed by atoms with Crippen molar-refractivity contribution < 1.29 is 9.18 Å². The predicted octanol–water partition coefficient (Wildman–Crippen LogP) is 2.96. The number of carbonyl (C=O) groups excluding carboxylic acids is 1. The summed E-state index contributed by atoms with van der Waals surface area (Å²) in [6.07, 6.45) is 4.50. The highest BCUT2D eigenvalue weighted by Gasteiger charge is 2.24. The van der Waals surface area contributed by atoms with E-state index < -0.39 is 0 Å². The van der Waals surface area contributed by atoms with Crippen molar-refractivity contribution in [2.24, 2.45) is 0 Å². The quantitative estimate of drug-likeness (QED) is 0.809. The maximum absolute atomic E-state index is 13.3. The van der Waals surface area contributed by atoms with E-state index in [1.54, 1.807) is 17.0 Å². The van der Waals surface area contributed by atoms with Gasteiger partial charge in [-0.3, -0.25) is 9.59 Å². The fourth-order valence-corrected chi connectivity index (χ4v) is 3.30. The van der Waals surface area contributed by atoms with Crippen molar-refractivity contribution in [2.45, 2.75) is 52.0 Å². The number of fused-ring (bicyclic) bond motifs is 1. The molecule has 0 unspecified atom stereocenters. The van der Waals surface area contributed by atoms with Crippen molar-refractivity contribution in [3.05, 3.63) is 63.1 Å². The van der Waals surface area contributed by atoms with Crippen LogP contribution in [0, 0.1) is 5.82 Å². The lowest BCUT2D eigenvalue weighted by molar-refractivity contribution is -0.132. The highest BCUT2D eigenvalue weighted by molar-refractivity contribution is 5.76. The largest absolute Gasteiger partial charge is 0.338 e. The molecule has 0 aliphatic carbocycles. The fourth-order valence-electron chi connectivity index (χ4n) is 3.30. The number of unbranched alkanes of at least 4 members (excludes halogenated alkanes) is 2. The summed E-state index contributed by atoms with van der Waals surface area (Å²) >= 11 is 0. The first-order chi connectivity index (χ1) is 12.6. The second-order valence-corrected chi connectivity index (χ2v) is 6.77. The van der Waals surface area contributed by atoms with E-state index in [2.05, 4.69) is 16.9 Å². The lowest BCUT2D eigenvalue weighted by Gasteiger charge is -2.28. The van der Waals surface area contributed by atoms with Gasteiger partial charge in [-0.2, -0.15) is 0 Å². The van der Waals surface area contributed by atoms with Gasteiger partial charge in [0.15, 0.2) is 0 Å². The summed E-state index contributed by atoms with van der Waals surface area (Å²) < 4.78 is 13.3. The molecule has 0 saturated carbocycles. The van der Waals surface area contributed by atoms with E-state index in [0.717, 1.165) is 30.5 Å². The molecule has 1 N–H and O–H groups in total. The van der Waals surface area contributed by atoms with Crippen LogP contribution in [0.1, 0.15) is 55.3 Å². The molecule has 6 heteroatoms. The number of halogens is 1. The van der Waals surface area contributed by atoms with Gasteiger partial charge in [0.05, 0.1) is 17.8 Å². The van der Waals surface area contributed by atoms with Crippen LogP contribution in [0.4, 0.5) is 4.39 Å². The zero-order valence-corrected chi connectivity index (χ0v) is 15.1. The standard InChI is InChI=1S/C20H24FN3O2/c1-2-3-4-8-19(25)24-10-9-17-16(13-24)20(26)23-18(22-17)12-14-6-5-7-15(21)11-14/h5-7,11H,2-4,8-10,12-13H2,1H3,(H,22,23,26). The molecule has 2 aromatic rings. The van der Waals surface area contributed by atoms with Crippen molar-refractivity contribution >= 4 is 5.91 Å². The van der Waals surface area contributed by atoms with Crippen LogP contribution < -0.4 is 5.56 Å². The summed E-state index contributed by atoms with van der Waals surface area (Å²) in [6, 6.07) is 6.28. The number of H-pyrrole nitrogens is 1. The summed E-state index contributed by atoms with van der Waals surface area (Å²) in [5.74, 6) is 0.328. The van der Waals surface area contributed by atoms with Crippen LogP contribution in [-0.2, 0) is 24.2 Å². The van der Waals surface area contributed by atoms with E-state index in [1.807, 2.05) is 0 Å². The monoisotopic (exact) mass is 357 g/mol. The second kappa shape index (κ2) is 8.25. The Morgan fingerprint density at radius 1 is 1.35 bits per heavy atom. The number of amides is 1. The normalized spacial score (nSPS) is 13.5. The molecule has 1 aromatic carbocycles. The number of rotatable bonds is 6. The number of hydrogen-bond donors (Lipinski definition) is 1. The Morgan fingerprint density at radius 3 is 2.96 bits per heavy atom. The third-order valence-corrected chi connectivity index (χ3v) is 4.73. The van der Waals surface area contributed by atoms with Gasteiger partial charge in [0, 0.05) is 25.8 Å². The maximum Gasteiger partial charge on any atom is 0.256 e. The molecule has 0 spiro atoms. The molecule has 5 nitrogen and oxygen atoms in total. The Labute approximate surface area is 152 Å². The summed E-state index contributed by atoms with van der Waals surface area (Å²) in [6.45, 7) is 3.02. The number of aromatic amines is 1. The third-order valence-electron chi connectivity index (χ3n) is 4.73. The number of benzene rings is 1. The van der Waals surface area contributed by atoms with Crippen LogP contribution in [-0.4, -0.2) is 27.3 Å². The van der Waals surface area contributed by atoms with E-state index in [1.165, 1.54) is 12.1 Å². The van der Waals surface area contributed by atoms with Crippen molar-refractivity contribution in [1.29, 1.82) is 0 Å². The minimum absolute atomic E-state index is 0.104. The fraction of sp³-hybridized carbons (Fsp3) is 0.450. The van der Waals surface area contributed by atoms with E-state index in [4.69, 9.17) is 0 Å². The lowest BCUT2D eigenvalue weighted by Crippen LogP contribution is -2.39. The average molecular weight is 357 g/mol. The lowest BCUT2D eigenvalue weighted by atomic mass is 10.1. The maximum atomic E-state index is 13.3. The Morgan fingerprint density at radius 2 is 2.19 bits per heavy atom. The molecular formula is C20H24FN3O2. The number of carbonyl (C=O) groups is 1.